The van der Waals surface area contributed by atoms with E-state index in [-0.39, 0.29) is 5.41 Å². The molecule has 1 rings (SSSR count). The SMILES string of the molecule is C=C/C=C(\C=C/C)C(C)(C)CC(C)N1CCC(C)CC1. The van der Waals surface area contributed by atoms with E-state index in [2.05, 4.69) is 64.3 Å². The third kappa shape index (κ3) is 4.94. The molecule has 1 heterocycles. The van der Waals surface area contributed by atoms with Crippen molar-refractivity contribution in [1.29, 1.82) is 0 Å². The second-order valence-corrected chi connectivity index (χ2v) is 7.01. The molecule has 114 valence electrons. The Kier molecular flexibility index (Phi) is 6.75. The molecule has 0 amide bonds. The average molecular weight is 275 g/mol. The molecule has 20 heavy (non-hydrogen) atoms. The van der Waals surface area contributed by atoms with E-state index >= 15 is 0 Å². The molecule has 0 saturated carbocycles. The lowest BCUT2D eigenvalue weighted by Crippen LogP contribution is -2.41. The smallest absolute Gasteiger partial charge is 0.00752 e. The van der Waals surface area contributed by atoms with Crippen molar-refractivity contribution in [2.24, 2.45) is 11.3 Å². The molecule has 0 aromatic carbocycles. The molecule has 0 aliphatic carbocycles. The van der Waals surface area contributed by atoms with Crippen LogP contribution in [0.25, 0.3) is 0 Å². The Morgan fingerprint density at radius 3 is 2.45 bits per heavy atom. The minimum Gasteiger partial charge on any atom is -0.301 e. The highest BCUT2D eigenvalue weighted by Gasteiger charge is 2.28. The van der Waals surface area contributed by atoms with Crippen molar-refractivity contribution in [1.82, 2.24) is 4.90 Å². The summed E-state index contributed by atoms with van der Waals surface area (Å²) in [6, 6.07) is 0.649. The first-order valence-electron chi connectivity index (χ1n) is 8.10. The summed E-state index contributed by atoms with van der Waals surface area (Å²) in [6.45, 7) is 17.9. The molecule has 1 fully saturated rings. The van der Waals surface area contributed by atoms with Gasteiger partial charge >= 0.3 is 0 Å². The van der Waals surface area contributed by atoms with Gasteiger partial charge in [0.05, 0.1) is 0 Å². The highest BCUT2D eigenvalue weighted by Crippen LogP contribution is 2.34. The van der Waals surface area contributed by atoms with Crippen LogP contribution in [0.1, 0.15) is 53.9 Å². The van der Waals surface area contributed by atoms with Crippen molar-refractivity contribution in [2.45, 2.75) is 59.9 Å². The van der Waals surface area contributed by atoms with Gasteiger partial charge in [0, 0.05) is 6.04 Å². The van der Waals surface area contributed by atoms with E-state index in [1.54, 1.807) is 0 Å². The molecule has 0 radical (unpaired) electrons. The van der Waals surface area contributed by atoms with Crippen LogP contribution in [0.2, 0.25) is 0 Å². The van der Waals surface area contributed by atoms with Gasteiger partial charge in [-0.05, 0) is 63.1 Å². The molecular weight excluding hydrogens is 242 g/mol. The van der Waals surface area contributed by atoms with Gasteiger partial charge in [-0.1, -0.05) is 51.7 Å². The van der Waals surface area contributed by atoms with Crippen LogP contribution in [0.3, 0.4) is 0 Å². The van der Waals surface area contributed by atoms with Crippen LogP contribution in [-0.2, 0) is 0 Å². The van der Waals surface area contributed by atoms with Crippen LogP contribution in [0.15, 0.2) is 36.5 Å². The normalized spacial score (nSPS) is 21.4. The Labute approximate surface area is 126 Å². The predicted octanol–water partition coefficient (Wildman–Crippen LogP) is 5.21. The Hall–Kier alpha value is -0.820. The maximum absolute atomic E-state index is 3.85. The summed E-state index contributed by atoms with van der Waals surface area (Å²) < 4.78 is 0. The molecule has 0 bridgehead atoms. The minimum atomic E-state index is 0.198. The second-order valence-electron chi connectivity index (χ2n) is 7.01. The first kappa shape index (κ1) is 17.2. The van der Waals surface area contributed by atoms with Crippen molar-refractivity contribution >= 4 is 0 Å². The second kappa shape index (κ2) is 7.83. The van der Waals surface area contributed by atoms with E-state index in [1.807, 2.05) is 6.08 Å². The van der Waals surface area contributed by atoms with Gasteiger partial charge < -0.3 is 4.90 Å². The fourth-order valence-corrected chi connectivity index (χ4v) is 3.27. The van der Waals surface area contributed by atoms with Gasteiger partial charge in [0.15, 0.2) is 0 Å². The topological polar surface area (TPSA) is 3.24 Å². The molecule has 0 aromatic rings. The molecule has 0 N–H and O–H groups in total. The van der Waals surface area contributed by atoms with E-state index in [4.69, 9.17) is 0 Å². The molecule has 1 heteroatoms. The Bertz CT molecular complexity index is 354. The number of likely N-dealkylation sites (tertiary alicyclic amines) is 1. The fourth-order valence-electron chi connectivity index (χ4n) is 3.27. The number of hydrogen-bond acceptors (Lipinski definition) is 1. The summed E-state index contributed by atoms with van der Waals surface area (Å²) in [4.78, 5) is 2.67. The zero-order valence-electron chi connectivity index (χ0n) is 14.2. The number of piperidine rings is 1. The third-order valence-corrected chi connectivity index (χ3v) is 4.67. The summed E-state index contributed by atoms with van der Waals surface area (Å²) >= 11 is 0. The van der Waals surface area contributed by atoms with Crippen molar-refractivity contribution < 1.29 is 0 Å². The van der Waals surface area contributed by atoms with Crippen LogP contribution in [-0.4, -0.2) is 24.0 Å². The fraction of sp³-hybridized carbons (Fsp3) is 0.684. The lowest BCUT2D eigenvalue weighted by molar-refractivity contribution is 0.121. The summed E-state index contributed by atoms with van der Waals surface area (Å²) in [5.74, 6) is 0.908. The maximum atomic E-state index is 3.85. The summed E-state index contributed by atoms with van der Waals surface area (Å²) in [5, 5.41) is 0. The lowest BCUT2D eigenvalue weighted by atomic mass is 9.77. The number of hydrogen-bond donors (Lipinski definition) is 0. The molecule has 0 spiro atoms. The third-order valence-electron chi connectivity index (χ3n) is 4.67. The van der Waals surface area contributed by atoms with Crippen LogP contribution in [0.5, 0.6) is 0 Å². The standard InChI is InChI=1S/C19H33N/c1-7-9-18(10-8-2)19(5,6)15-17(4)20-13-11-16(3)12-14-20/h7-10,16-17H,1,11-15H2,2-6H3/b10-8-,18-9+. The van der Waals surface area contributed by atoms with Gasteiger partial charge in [-0.3, -0.25) is 0 Å². The number of allylic oxidation sites excluding steroid dienone is 5. The van der Waals surface area contributed by atoms with Gasteiger partial charge in [-0.2, -0.15) is 0 Å². The van der Waals surface area contributed by atoms with Gasteiger partial charge in [-0.15, -0.1) is 0 Å². The summed E-state index contributed by atoms with van der Waals surface area (Å²) in [6.07, 6.45) is 12.3. The molecule has 1 unspecified atom stereocenters. The van der Waals surface area contributed by atoms with E-state index in [0.717, 1.165) is 5.92 Å². The van der Waals surface area contributed by atoms with Crippen LogP contribution in [0.4, 0.5) is 0 Å². The quantitative estimate of drug-likeness (QED) is 0.601. The monoisotopic (exact) mass is 275 g/mol. The van der Waals surface area contributed by atoms with Crippen LogP contribution < -0.4 is 0 Å². The van der Waals surface area contributed by atoms with Crippen molar-refractivity contribution in [2.75, 3.05) is 13.1 Å². The van der Waals surface area contributed by atoms with Crippen molar-refractivity contribution in [3.05, 3.63) is 36.5 Å². The van der Waals surface area contributed by atoms with Crippen molar-refractivity contribution in [3.63, 3.8) is 0 Å². The number of rotatable bonds is 6. The number of nitrogens with zero attached hydrogens (tertiary/aromatic N) is 1. The van der Waals surface area contributed by atoms with Crippen LogP contribution in [0, 0.1) is 11.3 Å². The van der Waals surface area contributed by atoms with E-state index in [1.165, 1.54) is 37.9 Å². The van der Waals surface area contributed by atoms with Gasteiger partial charge in [-0.25, -0.2) is 0 Å². The van der Waals surface area contributed by atoms with Crippen LogP contribution >= 0.6 is 0 Å². The molecule has 1 nitrogen and oxygen atoms in total. The highest BCUT2D eigenvalue weighted by molar-refractivity contribution is 5.28. The largest absolute Gasteiger partial charge is 0.301 e. The minimum absolute atomic E-state index is 0.198. The Morgan fingerprint density at radius 2 is 1.95 bits per heavy atom. The zero-order chi connectivity index (χ0) is 15.2. The maximum Gasteiger partial charge on any atom is 0.00752 e. The molecule has 1 atom stereocenters. The Balaban J connectivity index is 2.68. The molecular formula is C19H33N. The van der Waals surface area contributed by atoms with Gasteiger partial charge in [0.25, 0.3) is 0 Å². The first-order chi connectivity index (χ1) is 9.40. The van der Waals surface area contributed by atoms with E-state index < -0.39 is 0 Å². The first-order valence-corrected chi connectivity index (χ1v) is 8.10. The average Bonchev–Trinajstić information content (AvgIpc) is 2.38. The highest BCUT2D eigenvalue weighted by atomic mass is 15.2. The molecule has 1 saturated heterocycles. The van der Waals surface area contributed by atoms with E-state index in [0.29, 0.717) is 6.04 Å². The van der Waals surface area contributed by atoms with Crippen molar-refractivity contribution in [3.8, 4) is 0 Å². The van der Waals surface area contributed by atoms with Gasteiger partial charge in [0.2, 0.25) is 0 Å². The Morgan fingerprint density at radius 1 is 1.35 bits per heavy atom. The van der Waals surface area contributed by atoms with Gasteiger partial charge in [0.1, 0.15) is 0 Å². The summed E-state index contributed by atoms with van der Waals surface area (Å²) in [5.41, 5.74) is 1.58. The molecule has 1 aliphatic rings. The summed E-state index contributed by atoms with van der Waals surface area (Å²) in [7, 11) is 0. The predicted molar refractivity (Wildman–Crippen MR) is 90.9 cm³/mol. The van der Waals surface area contributed by atoms with E-state index in [9.17, 15) is 0 Å². The molecule has 1 aliphatic heterocycles. The molecule has 0 aromatic heterocycles. The lowest BCUT2D eigenvalue weighted by Gasteiger charge is -2.39. The zero-order valence-corrected chi connectivity index (χ0v) is 14.2.